The summed E-state index contributed by atoms with van der Waals surface area (Å²) in [5, 5.41) is 2.40. The van der Waals surface area contributed by atoms with Crippen molar-refractivity contribution in [1.29, 1.82) is 0 Å². The van der Waals surface area contributed by atoms with Gasteiger partial charge in [0.1, 0.15) is 18.2 Å². The molecule has 0 fully saturated rings. The fourth-order valence-corrected chi connectivity index (χ4v) is 2.18. The molecular formula is C17H19F2N2O+. The van der Waals surface area contributed by atoms with Gasteiger partial charge in [-0.3, -0.25) is 4.79 Å². The maximum Gasteiger partial charge on any atom is 0.279 e. The Labute approximate surface area is 128 Å². The molecule has 116 valence electrons. The van der Waals surface area contributed by atoms with Crippen molar-refractivity contribution in [3.63, 3.8) is 0 Å². The first-order chi connectivity index (χ1) is 10.4. The summed E-state index contributed by atoms with van der Waals surface area (Å²) in [5.41, 5.74) is 2.17. The Morgan fingerprint density at radius 3 is 2.50 bits per heavy atom. The highest BCUT2D eigenvalue weighted by Crippen LogP contribution is 2.14. The maximum atomic E-state index is 13.5. The molecule has 0 aliphatic rings. The third-order valence-corrected chi connectivity index (χ3v) is 3.29. The van der Waals surface area contributed by atoms with Gasteiger partial charge in [-0.25, -0.2) is 8.78 Å². The highest BCUT2D eigenvalue weighted by Gasteiger charge is 2.13. The summed E-state index contributed by atoms with van der Waals surface area (Å²) in [7, 11) is 1.88. The summed E-state index contributed by atoms with van der Waals surface area (Å²) < 4.78 is 26.5. The second-order valence-electron chi connectivity index (χ2n) is 5.47. The van der Waals surface area contributed by atoms with E-state index in [0.717, 1.165) is 28.7 Å². The molecule has 0 radical (unpaired) electrons. The molecule has 0 aliphatic heterocycles. The Balaban J connectivity index is 1.91. The van der Waals surface area contributed by atoms with E-state index in [-0.39, 0.29) is 18.1 Å². The molecule has 2 rings (SSSR count). The number of quaternary nitrogens is 1. The first kappa shape index (κ1) is 16.1. The molecule has 0 aromatic heterocycles. The third kappa shape index (κ3) is 4.63. The minimum absolute atomic E-state index is 0.131. The lowest BCUT2D eigenvalue weighted by atomic mass is 10.1. The van der Waals surface area contributed by atoms with Crippen LogP contribution in [0.1, 0.15) is 11.1 Å². The third-order valence-electron chi connectivity index (χ3n) is 3.29. The zero-order valence-electron chi connectivity index (χ0n) is 12.6. The molecule has 1 amide bonds. The second kappa shape index (κ2) is 7.13. The average molecular weight is 305 g/mol. The van der Waals surface area contributed by atoms with Crippen molar-refractivity contribution in [1.82, 2.24) is 0 Å². The number of rotatable bonds is 5. The van der Waals surface area contributed by atoms with E-state index in [1.807, 2.05) is 38.2 Å². The summed E-state index contributed by atoms with van der Waals surface area (Å²) in [5.74, 6) is -1.59. The standard InChI is InChI=1S/C17H18F2N2O/c1-12-3-5-13(6-4-12)10-21(2)11-17(22)20-16-9-14(18)7-8-15(16)19/h3-9H,10-11H2,1-2H3,(H,20,22)/p+1. The average Bonchev–Trinajstić information content (AvgIpc) is 2.45. The van der Waals surface area contributed by atoms with Gasteiger partial charge >= 0.3 is 0 Å². The van der Waals surface area contributed by atoms with Crippen LogP contribution >= 0.6 is 0 Å². The largest absolute Gasteiger partial charge is 0.326 e. The molecule has 0 aliphatic carbocycles. The minimum Gasteiger partial charge on any atom is -0.326 e. The van der Waals surface area contributed by atoms with Crippen LogP contribution < -0.4 is 10.2 Å². The van der Waals surface area contributed by atoms with Crippen LogP contribution in [0.4, 0.5) is 14.5 Å². The summed E-state index contributed by atoms with van der Waals surface area (Å²) in [4.78, 5) is 12.9. The van der Waals surface area contributed by atoms with E-state index in [1.54, 1.807) is 0 Å². The van der Waals surface area contributed by atoms with Gasteiger partial charge in [-0.15, -0.1) is 0 Å². The number of likely N-dealkylation sites (N-methyl/N-ethyl adjacent to an activating group) is 1. The molecule has 22 heavy (non-hydrogen) atoms. The molecule has 2 aromatic carbocycles. The van der Waals surface area contributed by atoms with E-state index < -0.39 is 11.6 Å². The van der Waals surface area contributed by atoms with Crippen LogP contribution in [0.15, 0.2) is 42.5 Å². The molecule has 2 aromatic rings. The molecule has 0 heterocycles. The summed E-state index contributed by atoms with van der Waals surface area (Å²) in [6.07, 6.45) is 0. The van der Waals surface area contributed by atoms with Crippen LogP contribution in [0.3, 0.4) is 0 Å². The predicted molar refractivity (Wildman–Crippen MR) is 81.6 cm³/mol. The molecule has 1 atom stereocenters. The van der Waals surface area contributed by atoms with Crippen LogP contribution in [-0.2, 0) is 11.3 Å². The Kier molecular flexibility index (Phi) is 5.22. The number of anilines is 1. The monoisotopic (exact) mass is 305 g/mol. The van der Waals surface area contributed by atoms with Crippen molar-refractivity contribution in [3.8, 4) is 0 Å². The Bertz CT molecular complexity index is 656. The first-order valence-corrected chi connectivity index (χ1v) is 7.06. The van der Waals surface area contributed by atoms with Crippen LogP contribution in [-0.4, -0.2) is 19.5 Å². The van der Waals surface area contributed by atoms with Gasteiger partial charge in [0.05, 0.1) is 12.7 Å². The number of benzene rings is 2. The van der Waals surface area contributed by atoms with Crippen molar-refractivity contribution >= 4 is 11.6 Å². The number of halogens is 2. The number of hydrogen-bond acceptors (Lipinski definition) is 1. The van der Waals surface area contributed by atoms with E-state index in [0.29, 0.717) is 6.54 Å². The van der Waals surface area contributed by atoms with Crippen LogP contribution in [0.2, 0.25) is 0 Å². The normalized spacial score (nSPS) is 12.0. The van der Waals surface area contributed by atoms with E-state index in [4.69, 9.17) is 0 Å². The van der Waals surface area contributed by atoms with Gasteiger partial charge in [0.15, 0.2) is 6.54 Å². The summed E-state index contributed by atoms with van der Waals surface area (Å²) in [6.45, 7) is 2.87. The molecule has 0 bridgehead atoms. The lowest BCUT2D eigenvalue weighted by Crippen LogP contribution is -3.08. The quantitative estimate of drug-likeness (QED) is 0.869. The van der Waals surface area contributed by atoms with Crippen molar-refractivity contribution < 1.29 is 18.5 Å². The van der Waals surface area contributed by atoms with Crippen molar-refractivity contribution in [3.05, 3.63) is 65.2 Å². The molecular weight excluding hydrogens is 286 g/mol. The lowest BCUT2D eigenvalue weighted by molar-refractivity contribution is -0.885. The first-order valence-electron chi connectivity index (χ1n) is 7.06. The summed E-state index contributed by atoms with van der Waals surface area (Å²) in [6, 6.07) is 11.1. The number of aryl methyl sites for hydroxylation is 1. The van der Waals surface area contributed by atoms with Gasteiger partial charge in [0, 0.05) is 11.6 Å². The molecule has 2 N–H and O–H groups in total. The second-order valence-corrected chi connectivity index (χ2v) is 5.47. The molecule has 3 nitrogen and oxygen atoms in total. The van der Waals surface area contributed by atoms with Gasteiger partial charge in [0.2, 0.25) is 0 Å². The van der Waals surface area contributed by atoms with Crippen LogP contribution in [0, 0.1) is 18.6 Å². The highest BCUT2D eigenvalue weighted by atomic mass is 19.1. The van der Waals surface area contributed by atoms with E-state index in [2.05, 4.69) is 5.32 Å². The number of nitrogens with one attached hydrogen (secondary N) is 2. The van der Waals surface area contributed by atoms with E-state index in [9.17, 15) is 13.6 Å². The van der Waals surface area contributed by atoms with Gasteiger partial charge in [0.25, 0.3) is 5.91 Å². The fraction of sp³-hybridized carbons (Fsp3) is 0.235. The van der Waals surface area contributed by atoms with E-state index >= 15 is 0 Å². The zero-order valence-corrected chi connectivity index (χ0v) is 12.6. The maximum absolute atomic E-state index is 13.5. The minimum atomic E-state index is -0.647. The van der Waals surface area contributed by atoms with E-state index in [1.165, 1.54) is 5.56 Å². The van der Waals surface area contributed by atoms with Crippen molar-refractivity contribution in [2.75, 3.05) is 18.9 Å². The zero-order chi connectivity index (χ0) is 16.1. The molecule has 0 saturated heterocycles. The van der Waals surface area contributed by atoms with Gasteiger partial charge in [-0.2, -0.15) is 0 Å². The fourth-order valence-electron chi connectivity index (χ4n) is 2.18. The van der Waals surface area contributed by atoms with Crippen LogP contribution in [0.5, 0.6) is 0 Å². The molecule has 0 saturated carbocycles. The number of amides is 1. The Hall–Kier alpha value is -2.27. The number of carbonyl (C=O) groups excluding carboxylic acids is 1. The molecule has 0 spiro atoms. The Morgan fingerprint density at radius 1 is 1.14 bits per heavy atom. The molecule has 5 heteroatoms. The van der Waals surface area contributed by atoms with Crippen molar-refractivity contribution in [2.45, 2.75) is 13.5 Å². The SMILES string of the molecule is Cc1ccc(C[NH+](C)CC(=O)Nc2cc(F)ccc2F)cc1. The smallest absolute Gasteiger partial charge is 0.279 e. The van der Waals surface area contributed by atoms with Crippen LogP contribution in [0.25, 0.3) is 0 Å². The van der Waals surface area contributed by atoms with Gasteiger partial charge in [-0.05, 0) is 19.1 Å². The van der Waals surface area contributed by atoms with Gasteiger partial charge < -0.3 is 10.2 Å². The summed E-state index contributed by atoms with van der Waals surface area (Å²) >= 11 is 0. The predicted octanol–water partition coefficient (Wildman–Crippen LogP) is 1.93. The van der Waals surface area contributed by atoms with Gasteiger partial charge in [-0.1, -0.05) is 29.8 Å². The Morgan fingerprint density at radius 2 is 1.82 bits per heavy atom. The lowest BCUT2D eigenvalue weighted by Gasteiger charge is -2.14. The number of hydrogen-bond donors (Lipinski definition) is 2. The van der Waals surface area contributed by atoms with Crippen molar-refractivity contribution in [2.24, 2.45) is 0 Å². The number of carbonyl (C=O) groups is 1. The molecule has 1 unspecified atom stereocenters. The highest BCUT2D eigenvalue weighted by molar-refractivity contribution is 5.91. The topological polar surface area (TPSA) is 33.5 Å².